The second kappa shape index (κ2) is 4.34. The minimum absolute atomic E-state index is 0.874. The van der Waals surface area contributed by atoms with E-state index in [4.69, 9.17) is 5.10 Å². The lowest BCUT2D eigenvalue weighted by atomic mass is 10.2. The van der Waals surface area contributed by atoms with E-state index in [0.29, 0.717) is 0 Å². The van der Waals surface area contributed by atoms with Crippen molar-refractivity contribution in [3.63, 3.8) is 0 Å². The van der Waals surface area contributed by atoms with Crippen molar-refractivity contribution in [3.05, 3.63) is 29.3 Å². The maximum Gasteiger partial charge on any atom is 0.106 e. The monoisotopic (exact) mass is 296 g/mol. The number of nitrogens with zero attached hydrogens (tertiary/aromatic N) is 2. The molecule has 2 nitrogen and oxygen atoms in total. The molecule has 0 radical (unpaired) electrons. The molecule has 1 fully saturated rings. The molecule has 2 aromatic rings. The van der Waals surface area contributed by atoms with Crippen LogP contribution in [-0.4, -0.2) is 9.78 Å². The Morgan fingerprint density at radius 3 is 3.00 bits per heavy atom. The third kappa shape index (κ3) is 2.09. The summed E-state index contributed by atoms with van der Waals surface area (Å²) in [6.07, 6.45) is 4.93. The molecule has 2 heterocycles. The van der Waals surface area contributed by atoms with Crippen LogP contribution in [0.5, 0.6) is 0 Å². The Labute approximate surface area is 107 Å². The Morgan fingerprint density at radius 2 is 2.38 bits per heavy atom. The average Bonchev–Trinajstić information content (AvgIpc) is 2.83. The minimum atomic E-state index is 0.874. The molecule has 0 aromatic carbocycles. The Hall–Kier alpha value is -0.610. The fraction of sp³-hybridized carbons (Fsp3) is 0.417. The number of aromatic nitrogens is 2. The lowest BCUT2D eigenvalue weighted by molar-refractivity contribution is 0.564. The smallest absolute Gasteiger partial charge is 0.106 e. The fourth-order valence-corrected chi connectivity index (χ4v) is 2.99. The van der Waals surface area contributed by atoms with E-state index in [1.54, 1.807) is 11.3 Å². The van der Waals surface area contributed by atoms with Gasteiger partial charge in [-0.2, -0.15) is 5.10 Å². The molecule has 0 saturated heterocycles. The number of rotatable bonds is 4. The zero-order valence-electron chi connectivity index (χ0n) is 8.90. The third-order valence-electron chi connectivity index (χ3n) is 2.88. The normalized spacial score (nSPS) is 15.6. The van der Waals surface area contributed by atoms with Crippen molar-refractivity contribution in [2.45, 2.75) is 24.7 Å². The van der Waals surface area contributed by atoms with Gasteiger partial charge in [-0.05, 0) is 30.2 Å². The molecule has 0 spiro atoms. The molecule has 0 bridgehead atoms. The van der Waals surface area contributed by atoms with Crippen LogP contribution in [0.3, 0.4) is 0 Å². The molecule has 16 heavy (non-hydrogen) atoms. The molecule has 1 aliphatic carbocycles. The number of alkyl halides is 1. The highest BCUT2D eigenvalue weighted by Crippen LogP contribution is 2.32. The Kier molecular flexibility index (Phi) is 2.86. The van der Waals surface area contributed by atoms with E-state index in [9.17, 15) is 0 Å². The summed E-state index contributed by atoms with van der Waals surface area (Å²) in [4.78, 5) is 1.27. The maximum atomic E-state index is 4.70. The van der Waals surface area contributed by atoms with Crippen molar-refractivity contribution < 1.29 is 0 Å². The molecule has 0 atom stereocenters. The number of halogens is 1. The van der Waals surface area contributed by atoms with Crippen LogP contribution in [0.2, 0.25) is 0 Å². The van der Waals surface area contributed by atoms with Gasteiger partial charge in [-0.1, -0.05) is 22.0 Å². The van der Waals surface area contributed by atoms with Crippen molar-refractivity contribution in [2.24, 2.45) is 5.92 Å². The first-order chi connectivity index (χ1) is 7.86. The molecule has 3 rings (SSSR count). The van der Waals surface area contributed by atoms with Crippen molar-refractivity contribution in [1.82, 2.24) is 9.78 Å². The Balaban J connectivity index is 1.92. The van der Waals surface area contributed by atoms with E-state index in [-0.39, 0.29) is 0 Å². The third-order valence-corrected chi connectivity index (χ3v) is 4.36. The standard InChI is InChI=1S/C12H13BrN2S/c13-6-10-8-15(7-9-3-4-9)14-12(10)11-2-1-5-16-11/h1-2,5,8-9H,3-4,6-7H2. The van der Waals surface area contributed by atoms with Gasteiger partial charge in [0.1, 0.15) is 5.69 Å². The van der Waals surface area contributed by atoms with Gasteiger partial charge in [-0.3, -0.25) is 4.68 Å². The van der Waals surface area contributed by atoms with E-state index in [0.717, 1.165) is 23.5 Å². The quantitative estimate of drug-likeness (QED) is 0.782. The van der Waals surface area contributed by atoms with Gasteiger partial charge in [0.25, 0.3) is 0 Å². The van der Waals surface area contributed by atoms with Crippen molar-refractivity contribution in [1.29, 1.82) is 0 Å². The first-order valence-electron chi connectivity index (χ1n) is 5.53. The predicted octanol–water partition coefficient (Wildman–Crippen LogP) is 3.92. The second-order valence-electron chi connectivity index (χ2n) is 4.28. The van der Waals surface area contributed by atoms with Crippen LogP contribution in [0.1, 0.15) is 18.4 Å². The molecule has 0 N–H and O–H groups in total. The van der Waals surface area contributed by atoms with Crippen LogP contribution in [0.15, 0.2) is 23.7 Å². The van der Waals surface area contributed by atoms with Crippen LogP contribution < -0.4 is 0 Å². The largest absolute Gasteiger partial charge is 0.272 e. The Bertz CT molecular complexity index is 471. The average molecular weight is 297 g/mol. The van der Waals surface area contributed by atoms with Gasteiger partial charge in [0.2, 0.25) is 0 Å². The Morgan fingerprint density at radius 1 is 1.50 bits per heavy atom. The summed E-state index contributed by atoms with van der Waals surface area (Å²) in [6.45, 7) is 1.09. The van der Waals surface area contributed by atoms with Crippen molar-refractivity contribution in [3.8, 4) is 10.6 Å². The van der Waals surface area contributed by atoms with Gasteiger partial charge in [-0.15, -0.1) is 11.3 Å². The molecule has 0 amide bonds. The van der Waals surface area contributed by atoms with E-state index < -0.39 is 0 Å². The summed E-state index contributed by atoms with van der Waals surface area (Å²) in [5.41, 5.74) is 2.44. The molecule has 0 unspecified atom stereocenters. The molecular weight excluding hydrogens is 284 g/mol. The zero-order chi connectivity index (χ0) is 11.0. The highest BCUT2D eigenvalue weighted by molar-refractivity contribution is 9.08. The van der Waals surface area contributed by atoms with E-state index >= 15 is 0 Å². The van der Waals surface area contributed by atoms with Crippen LogP contribution in [0.25, 0.3) is 10.6 Å². The van der Waals surface area contributed by atoms with Gasteiger partial charge in [0, 0.05) is 23.6 Å². The lowest BCUT2D eigenvalue weighted by Gasteiger charge is -1.96. The number of hydrogen-bond donors (Lipinski definition) is 0. The van der Waals surface area contributed by atoms with Gasteiger partial charge < -0.3 is 0 Å². The first kappa shape index (κ1) is 10.5. The van der Waals surface area contributed by atoms with Crippen LogP contribution in [0.4, 0.5) is 0 Å². The van der Waals surface area contributed by atoms with Gasteiger partial charge in [-0.25, -0.2) is 0 Å². The van der Waals surface area contributed by atoms with Gasteiger partial charge >= 0.3 is 0 Å². The van der Waals surface area contributed by atoms with Gasteiger partial charge in [0.15, 0.2) is 0 Å². The maximum absolute atomic E-state index is 4.70. The molecular formula is C12H13BrN2S. The first-order valence-corrected chi connectivity index (χ1v) is 7.53. The fourth-order valence-electron chi connectivity index (χ4n) is 1.84. The number of hydrogen-bond acceptors (Lipinski definition) is 2. The van der Waals surface area contributed by atoms with Crippen LogP contribution >= 0.6 is 27.3 Å². The molecule has 1 aliphatic rings. The van der Waals surface area contributed by atoms with Crippen molar-refractivity contribution in [2.75, 3.05) is 0 Å². The lowest BCUT2D eigenvalue weighted by Crippen LogP contribution is -1.99. The summed E-state index contributed by atoms with van der Waals surface area (Å²) in [5.74, 6) is 0.874. The highest BCUT2D eigenvalue weighted by atomic mass is 79.9. The SMILES string of the molecule is BrCc1cn(CC2CC2)nc1-c1cccs1. The van der Waals surface area contributed by atoms with Crippen molar-refractivity contribution >= 4 is 27.3 Å². The summed E-state index contributed by atoms with van der Waals surface area (Å²) >= 11 is 5.30. The summed E-state index contributed by atoms with van der Waals surface area (Å²) < 4.78 is 2.11. The van der Waals surface area contributed by atoms with E-state index in [1.807, 2.05) is 0 Å². The highest BCUT2D eigenvalue weighted by Gasteiger charge is 2.23. The van der Waals surface area contributed by atoms with Crippen LogP contribution in [0, 0.1) is 5.92 Å². The molecule has 4 heteroatoms. The molecule has 0 aliphatic heterocycles. The minimum Gasteiger partial charge on any atom is -0.272 e. The molecule has 1 saturated carbocycles. The second-order valence-corrected chi connectivity index (χ2v) is 5.79. The summed E-state index contributed by atoms with van der Waals surface area (Å²) in [7, 11) is 0. The molecule has 2 aromatic heterocycles. The zero-order valence-corrected chi connectivity index (χ0v) is 11.3. The van der Waals surface area contributed by atoms with Gasteiger partial charge in [0.05, 0.1) is 4.88 Å². The van der Waals surface area contributed by atoms with E-state index in [2.05, 4.69) is 44.3 Å². The van der Waals surface area contributed by atoms with Crippen LogP contribution in [-0.2, 0) is 11.9 Å². The topological polar surface area (TPSA) is 17.8 Å². The summed E-state index contributed by atoms with van der Waals surface area (Å²) in [6, 6.07) is 4.22. The predicted molar refractivity (Wildman–Crippen MR) is 70.9 cm³/mol. The molecule has 84 valence electrons. The van der Waals surface area contributed by atoms with E-state index in [1.165, 1.54) is 23.3 Å². The number of thiophene rings is 1. The summed E-state index contributed by atoms with van der Waals surface area (Å²) in [5, 5.41) is 7.69.